The molecule has 2 aromatic heterocycles. The lowest BCUT2D eigenvalue weighted by Crippen LogP contribution is -2.05. The zero-order chi connectivity index (χ0) is 10.8. The van der Waals surface area contributed by atoms with E-state index in [9.17, 15) is 0 Å². The van der Waals surface area contributed by atoms with Crippen LogP contribution in [0.2, 0.25) is 0 Å². The predicted molar refractivity (Wildman–Crippen MR) is 62.1 cm³/mol. The lowest BCUT2D eigenvalue weighted by Gasteiger charge is -2.09. The van der Waals surface area contributed by atoms with Gasteiger partial charge in [-0.05, 0) is 13.8 Å². The maximum Gasteiger partial charge on any atom is 0.148 e. The van der Waals surface area contributed by atoms with Crippen molar-refractivity contribution in [2.75, 3.05) is 5.32 Å². The van der Waals surface area contributed by atoms with Crippen molar-refractivity contribution in [3.63, 3.8) is 0 Å². The topological polar surface area (TPSA) is 42.7 Å². The molecule has 15 heavy (non-hydrogen) atoms. The molecule has 1 N–H and O–H groups in total. The first-order chi connectivity index (χ1) is 7.15. The van der Waals surface area contributed by atoms with Crippen LogP contribution in [0.3, 0.4) is 0 Å². The van der Waals surface area contributed by atoms with Crippen LogP contribution in [0, 0.1) is 6.92 Å². The van der Waals surface area contributed by atoms with E-state index in [0.717, 1.165) is 10.8 Å². The van der Waals surface area contributed by atoms with Crippen LogP contribution in [0.1, 0.15) is 22.9 Å². The third-order valence-corrected chi connectivity index (χ3v) is 3.24. The molecule has 0 bridgehead atoms. The SMILES string of the molecule is Cc1ncc(C(C)Nc2ccn(C)n2)s1. The van der Waals surface area contributed by atoms with Crippen LogP contribution < -0.4 is 5.32 Å². The molecule has 0 saturated carbocycles. The first-order valence-electron chi connectivity index (χ1n) is 4.83. The second-order valence-corrected chi connectivity index (χ2v) is 4.79. The van der Waals surface area contributed by atoms with E-state index in [1.807, 2.05) is 32.4 Å². The minimum atomic E-state index is 0.256. The average Bonchev–Trinajstić information content (AvgIpc) is 2.75. The van der Waals surface area contributed by atoms with Gasteiger partial charge in [0.15, 0.2) is 0 Å². The summed E-state index contributed by atoms with van der Waals surface area (Å²) < 4.78 is 1.78. The maximum atomic E-state index is 4.27. The van der Waals surface area contributed by atoms with Crippen LogP contribution in [0.5, 0.6) is 0 Å². The molecular formula is C10H14N4S. The first-order valence-corrected chi connectivity index (χ1v) is 5.65. The van der Waals surface area contributed by atoms with Gasteiger partial charge in [-0.1, -0.05) is 0 Å². The third-order valence-electron chi connectivity index (χ3n) is 2.14. The van der Waals surface area contributed by atoms with Gasteiger partial charge in [0.05, 0.1) is 11.0 Å². The number of nitrogens with zero attached hydrogens (tertiary/aromatic N) is 3. The predicted octanol–water partition coefficient (Wildman–Crippen LogP) is 2.36. The smallest absolute Gasteiger partial charge is 0.148 e. The fraction of sp³-hybridized carbons (Fsp3) is 0.400. The number of nitrogens with one attached hydrogen (secondary N) is 1. The minimum absolute atomic E-state index is 0.256. The van der Waals surface area contributed by atoms with Gasteiger partial charge in [-0.25, -0.2) is 4.98 Å². The van der Waals surface area contributed by atoms with Crippen molar-refractivity contribution in [2.24, 2.45) is 7.05 Å². The van der Waals surface area contributed by atoms with Crippen molar-refractivity contribution in [2.45, 2.75) is 19.9 Å². The van der Waals surface area contributed by atoms with Crippen molar-refractivity contribution >= 4 is 17.2 Å². The molecule has 2 heterocycles. The highest BCUT2D eigenvalue weighted by Crippen LogP contribution is 2.22. The maximum absolute atomic E-state index is 4.27. The Morgan fingerprint density at radius 1 is 1.53 bits per heavy atom. The van der Waals surface area contributed by atoms with E-state index in [-0.39, 0.29) is 6.04 Å². The number of hydrogen-bond donors (Lipinski definition) is 1. The van der Waals surface area contributed by atoms with E-state index in [1.165, 1.54) is 4.88 Å². The zero-order valence-electron chi connectivity index (χ0n) is 9.06. The molecule has 1 atom stereocenters. The average molecular weight is 222 g/mol. The van der Waals surface area contributed by atoms with E-state index in [0.29, 0.717) is 0 Å². The van der Waals surface area contributed by atoms with Crippen LogP contribution in [0.15, 0.2) is 18.5 Å². The molecule has 0 fully saturated rings. The largest absolute Gasteiger partial charge is 0.361 e. The summed E-state index contributed by atoms with van der Waals surface area (Å²) in [5.74, 6) is 0.899. The first kappa shape index (κ1) is 10.2. The highest BCUT2D eigenvalue weighted by molar-refractivity contribution is 7.11. The van der Waals surface area contributed by atoms with E-state index in [2.05, 4.69) is 22.3 Å². The number of aryl methyl sites for hydroxylation is 2. The minimum Gasteiger partial charge on any atom is -0.361 e. The number of rotatable bonds is 3. The van der Waals surface area contributed by atoms with Gasteiger partial charge in [0.1, 0.15) is 5.82 Å². The molecular weight excluding hydrogens is 208 g/mol. The Morgan fingerprint density at radius 3 is 2.87 bits per heavy atom. The van der Waals surface area contributed by atoms with Crippen molar-refractivity contribution < 1.29 is 0 Å². The van der Waals surface area contributed by atoms with Crippen LogP contribution in [-0.4, -0.2) is 14.8 Å². The summed E-state index contributed by atoms with van der Waals surface area (Å²) >= 11 is 1.71. The van der Waals surface area contributed by atoms with E-state index < -0.39 is 0 Å². The fourth-order valence-corrected chi connectivity index (χ4v) is 2.15. The van der Waals surface area contributed by atoms with Gasteiger partial charge < -0.3 is 5.32 Å². The molecule has 4 nitrogen and oxygen atoms in total. The Kier molecular flexibility index (Phi) is 2.73. The summed E-state index contributed by atoms with van der Waals surface area (Å²) in [7, 11) is 1.91. The summed E-state index contributed by atoms with van der Waals surface area (Å²) in [5, 5.41) is 8.70. The van der Waals surface area contributed by atoms with Crippen LogP contribution in [-0.2, 0) is 7.05 Å². The molecule has 0 aromatic carbocycles. The lowest BCUT2D eigenvalue weighted by atomic mass is 10.3. The van der Waals surface area contributed by atoms with Crippen molar-refractivity contribution in [3.05, 3.63) is 28.3 Å². The van der Waals surface area contributed by atoms with Gasteiger partial charge in [-0.2, -0.15) is 5.10 Å². The van der Waals surface area contributed by atoms with Crippen LogP contribution in [0.4, 0.5) is 5.82 Å². The van der Waals surface area contributed by atoms with Crippen molar-refractivity contribution in [1.29, 1.82) is 0 Å². The van der Waals surface area contributed by atoms with Gasteiger partial charge >= 0.3 is 0 Å². The number of aromatic nitrogens is 3. The molecule has 0 amide bonds. The lowest BCUT2D eigenvalue weighted by molar-refractivity contribution is 0.761. The molecule has 0 aliphatic rings. The Morgan fingerprint density at radius 2 is 2.33 bits per heavy atom. The van der Waals surface area contributed by atoms with Crippen molar-refractivity contribution in [3.8, 4) is 0 Å². The molecule has 2 aromatic rings. The van der Waals surface area contributed by atoms with Gasteiger partial charge in [0, 0.05) is 30.4 Å². The number of anilines is 1. The molecule has 0 radical (unpaired) electrons. The van der Waals surface area contributed by atoms with Crippen molar-refractivity contribution in [1.82, 2.24) is 14.8 Å². The quantitative estimate of drug-likeness (QED) is 0.867. The normalized spacial score (nSPS) is 12.7. The highest BCUT2D eigenvalue weighted by Gasteiger charge is 2.09. The fourth-order valence-electron chi connectivity index (χ4n) is 1.36. The summed E-state index contributed by atoms with van der Waals surface area (Å²) in [6.45, 7) is 4.13. The standard InChI is InChI=1S/C10H14N4S/c1-7(9-6-11-8(2)15-9)12-10-4-5-14(3)13-10/h4-7H,1-3H3,(H,12,13). The van der Waals surface area contributed by atoms with E-state index in [4.69, 9.17) is 0 Å². The molecule has 5 heteroatoms. The highest BCUT2D eigenvalue weighted by atomic mass is 32.1. The molecule has 1 unspecified atom stereocenters. The summed E-state index contributed by atoms with van der Waals surface area (Å²) in [4.78, 5) is 5.47. The molecule has 80 valence electrons. The van der Waals surface area contributed by atoms with Gasteiger partial charge in [-0.3, -0.25) is 4.68 Å². The molecule has 0 aliphatic heterocycles. The Hall–Kier alpha value is -1.36. The summed E-state index contributed by atoms with van der Waals surface area (Å²) in [6, 6.07) is 2.22. The molecule has 2 rings (SSSR count). The summed E-state index contributed by atoms with van der Waals surface area (Å²) in [5.41, 5.74) is 0. The van der Waals surface area contributed by atoms with Crippen LogP contribution in [0.25, 0.3) is 0 Å². The Labute approximate surface area is 93.0 Å². The zero-order valence-corrected chi connectivity index (χ0v) is 9.88. The van der Waals surface area contributed by atoms with E-state index in [1.54, 1.807) is 16.0 Å². The van der Waals surface area contributed by atoms with E-state index >= 15 is 0 Å². The second-order valence-electron chi connectivity index (χ2n) is 3.52. The number of thiazole rings is 1. The third kappa shape index (κ3) is 2.36. The Bertz CT molecular complexity index is 446. The van der Waals surface area contributed by atoms with Gasteiger partial charge in [0.2, 0.25) is 0 Å². The Balaban J connectivity index is 2.06. The molecule has 0 saturated heterocycles. The molecule has 0 aliphatic carbocycles. The second kappa shape index (κ2) is 4.02. The van der Waals surface area contributed by atoms with Gasteiger partial charge in [-0.15, -0.1) is 11.3 Å². The monoisotopic (exact) mass is 222 g/mol. The van der Waals surface area contributed by atoms with Crippen LogP contribution >= 0.6 is 11.3 Å². The van der Waals surface area contributed by atoms with Gasteiger partial charge in [0.25, 0.3) is 0 Å². The number of hydrogen-bond acceptors (Lipinski definition) is 4. The molecule has 0 spiro atoms. The summed E-state index contributed by atoms with van der Waals surface area (Å²) in [6.07, 6.45) is 3.84.